The minimum Gasteiger partial charge on any atom is -0.378 e. The van der Waals surface area contributed by atoms with Crippen molar-refractivity contribution in [3.8, 4) is 0 Å². The van der Waals surface area contributed by atoms with Crippen LogP contribution < -0.4 is 5.32 Å². The summed E-state index contributed by atoms with van der Waals surface area (Å²) in [5.41, 5.74) is 0.745. The molecule has 84 valence electrons. The molecule has 0 aliphatic carbocycles. The van der Waals surface area contributed by atoms with Gasteiger partial charge in [-0.3, -0.25) is 4.68 Å². The van der Waals surface area contributed by atoms with Crippen molar-refractivity contribution < 1.29 is 4.39 Å². The fourth-order valence-corrected chi connectivity index (χ4v) is 1.45. The lowest BCUT2D eigenvalue weighted by Gasteiger charge is -2.06. The van der Waals surface area contributed by atoms with Crippen molar-refractivity contribution in [3.05, 3.63) is 41.2 Å². The number of anilines is 1. The van der Waals surface area contributed by atoms with Gasteiger partial charge in [-0.05, 0) is 18.2 Å². The predicted molar refractivity (Wildman–Crippen MR) is 59.7 cm³/mol. The van der Waals surface area contributed by atoms with E-state index in [9.17, 15) is 4.39 Å². The fraction of sp³-hybridized carbons (Fsp3) is 0.200. The number of hydrogen-bond acceptors (Lipinski definition) is 3. The van der Waals surface area contributed by atoms with Gasteiger partial charge in [-0.1, -0.05) is 11.6 Å². The van der Waals surface area contributed by atoms with Crippen molar-refractivity contribution >= 4 is 17.3 Å². The Bertz CT molecular complexity index is 497. The van der Waals surface area contributed by atoms with Crippen LogP contribution in [0.1, 0.15) is 5.82 Å². The molecule has 1 aromatic heterocycles. The Labute approximate surface area is 97.1 Å². The monoisotopic (exact) mass is 240 g/mol. The lowest BCUT2D eigenvalue weighted by atomic mass is 10.3. The summed E-state index contributed by atoms with van der Waals surface area (Å²) in [7, 11) is 1.81. The largest absolute Gasteiger partial charge is 0.378 e. The third-order valence-electron chi connectivity index (χ3n) is 2.18. The van der Waals surface area contributed by atoms with Crippen LogP contribution in [-0.2, 0) is 13.6 Å². The van der Waals surface area contributed by atoms with E-state index in [1.54, 1.807) is 10.7 Å². The molecule has 6 heteroatoms. The van der Waals surface area contributed by atoms with Crippen LogP contribution in [-0.4, -0.2) is 14.8 Å². The van der Waals surface area contributed by atoms with Gasteiger partial charge < -0.3 is 5.32 Å². The van der Waals surface area contributed by atoms with Gasteiger partial charge in [0.15, 0.2) is 0 Å². The van der Waals surface area contributed by atoms with Crippen LogP contribution in [0.15, 0.2) is 24.5 Å². The zero-order chi connectivity index (χ0) is 11.5. The fourth-order valence-electron chi connectivity index (χ4n) is 1.27. The van der Waals surface area contributed by atoms with Gasteiger partial charge in [0.25, 0.3) is 0 Å². The SMILES string of the molecule is Cn1ncnc1CNc1ccc(F)c(Cl)c1. The molecule has 0 saturated carbocycles. The van der Waals surface area contributed by atoms with E-state index >= 15 is 0 Å². The molecule has 1 heterocycles. The minimum absolute atomic E-state index is 0.1000. The van der Waals surface area contributed by atoms with Crippen LogP contribution in [0.5, 0.6) is 0 Å². The normalized spacial score (nSPS) is 10.4. The second-order valence-corrected chi connectivity index (χ2v) is 3.69. The molecule has 0 amide bonds. The molecule has 0 unspecified atom stereocenters. The van der Waals surface area contributed by atoms with Crippen molar-refractivity contribution in [2.45, 2.75) is 6.54 Å². The van der Waals surface area contributed by atoms with E-state index in [0.29, 0.717) is 6.54 Å². The molecule has 2 aromatic rings. The first-order valence-electron chi connectivity index (χ1n) is 4.68. The second-order valence-electron chi connectivity index (χ2n) is 3.28. The van der Waals surface area contributed by atoms with E-state index in [1.165, 1.54) is 18.5 Å². The molecular formula is C10H10ClFN4. The van der Waals surface area contributed by atoms with Crippen LogP contribution in [0, 0.1) is 5.82 Å². The van der Waals surface area contributed by atoms with Crippen LogP contribution in [0.2, 0.25) is 5.02 Å². The Kier molecular flexibility index (Phi) is 3.05. The van der Waals surface area contributed by atoms with Crippen LogP contribution in [0.4, 0.5) is 10.1 Å². The molecule has 0 bridgehead atoms. The maximum absolute atomic E-state index is 12.9. The van der Waals surface area contributed by atoms with Gasteiger partial charge in [0, 0.05) is 12.7 Å². The maximum atomic E-state index is 12.9. The topological polar surface area (TPSA) is 42.7 Å². The predicted octanol–water partition coefficient (Wildman–Crippen LogP) is 2.22. The van der Waals surface area contributed by atoms with Gasteiger partial charge in [-0.2, -0.15) is 5.10 Å². The first-order chi connectivity index (χ1) is 7.66. The lowest BCUT2D eigenvalue weighted by Crippen LogP contribution is -2.06. The average molecular weight is 241 g/mol. The van der Waals surface area contributed by atoms with Crippen LogP contribution in [0.25, 0.3) is 0 Å². The first-order valence-corrected chi connectivity index (χ1v) is 5.06. The number of halogens is 2. The van der Waals surface area contributed by atoms with Gasteiger partial charge >= 0.3 is 0 Å². The van der Waals surface area contributed by atoms with Crippen molar-refractivity contribution in [3.63, 3.8) is 0 Å². The molecule has 0 fully saturated rings. The number of hydrogen-bond donors (Lipinski definition) is 1. The Hall–Kier alpha value is -1.62. The van der Waals surface area contributed by atoms with E-state index < -0.39 is 5.82 Å². The molecule has 0 radical (unpaired) electrons. The highest BCUT2D eigenvalue weighted by Crippen LogP contribution is 2.19. The molecule has 4 nitrogen and oxygen atoms in total. The van der Waals surface area contributed by atoms with Crippen molar-refractivity contribution in [1.82, 2.24) is 14.8 Å². The number of benzene rings is 1. The Balaban J connectivity index is 2.05. The van der Waals surface area contributed by atoms with Crippen molar-refractivity contribution in [2.75, 3.05) is 5.32 Å². The molecule has 16 heavy (non-hydrogen) atoms. The summed E-state index contributed by atoms with van der Waals surface area (Å²) in [5.74, 6) is 0.367. The molecule has 0 aliphatic rings. The summed E-state index contributed by atoms with van der Waals surface area (Å²) in [6.45, 7) is 0.512. The van der Waals surface area contributed by atoms with Gasteiger partial charge in [0.2, 0.25) is 0 Å². The van der Waals surface area contributed by atoms with Gasteiger partial charge in [0.1, 0.15) is 18.0 Å². The summed E-state index contributed by atoms with van der Waals surface area (Å²) in [4.78, 5) is 4.05. The quantitative estimate of drug-likeness (QED) is 0.895. The third kappa shape index (κ3) is 2.30. The smallest absolute Gasteiger partial charge is 0.145 e. The molecule has 0 aliphatic heterocycles. The molecule has 0 atom stereocenters. The Morgan fingerprint density at radius 3 is 2.94 bits per heavy atom. The first kappa shape index (κ1) is 10.9. The van der Waals surface area contributed by atoms with Crippen LogP contribution in [0.3, 0.4) is 0 Å². The summed E-state index contributed by atoms with van der Waals surface area (Å²) in [6.07, 6.45) is 1.48. The lowest BCUT2D eigenvalue weighted by molar-refractivity contribution is 0.628. The Morgan fingerprint density at radius 1 is 1.50 bits per heavy atom. The average Bonchev–Trinajstić information content (AvgIpc) is 2.66. The maximum Gasteiger partial charge on any atom is 0.145 e. The van der Waals surface area contributed by atoms with Gasteiger partial charge in [-0.25, -0.2) is 9.37 Å². The van der Waals surface area contributed by atoms with E-state index in [1.807, 2.05) is 7.05 Å². The zero-order valence-electron chi connectivity index (χ0n) is 8.61. The number of aromatic nitrogens is 3. The molecule has 0 spiro atoms. The minimum atomic E-state index is -0.425. The molecule has 1 N–H and O–H groups in total. The molecule has 2 rings (SSSR count). The van der Waals surface area contributed by atoms with Crippen molar-refractivity contribution in [1.29, 1.82) is 0 Å². The highest BCUT2D eigenvalue weighted by atomic mass is 35.5. The van der Waals surface area contributed by atoms with E-state index in [0.717, 1.165) is 11.5 Å². The van der Waals surface area contributed by atoms with Gasteiger partial charge in [-0.15, -0.1) is 0 Å². The van der Waals surface area contributed by atoms with Crippen LogP contribution >= 0.6 is 11.6 Å². The number of rotatable bonds is 3. The zero-order valence-corrected chi connectivity index (χ0v) is 9.37. The summed E-state index contributed by atoms with van der Waals surface area (Å²) in [6, 6.07) is 4.48. The van der Waals surface area contributed by atoms with E-state index in [2.05, 4.69) is 15.4 Å². The number of aryl methyl sites for hydroxylation is 1. The summed E-state index contributed by atoms with van der Waals surface area (Å²) in [5, 5.41) is 7.12. The van der Waals surface area contributed by atoms with E-state index in [-0.39, 0.29) is 5.02 Å². The number of nitrogens with one attached hydrogen (secondary N) is 1. The van der Waals surface area contributed by atoms with Gasteiger partial charge in [0.05, 0.1) is 11.6 Å². The summed E-state index contributed by atoms with van der Waals surface area (Å²) >= 11 is 5.66. The van der Waals surface area contributed by atoms with E-state index in [4.69, 9.17) is 11.6 Å². The second kappa shape index (κ2) is 4.49. The number of nitrogens with zero attached hydrogens (tertiary/aromatic N) is 3. The summed E-state index contributed by atoms with van der Waals surface area (Å²) < 4.78 is 14.6. The third-order valence-corrected chi connectivity index (χ3v) is 2.47. The molecule has 1 aromatic carbocycles. The highest BCUT2D eigenvalue weighted by Gasteiger charge is 2.02. The molecular weight excluding hydrogens is 231 g/mol. The molecule has 0 saturated heterocycles. The Morgan fingerprint density at radius 2 is 2.31 bits per heavy atom. The highest BCUT2D eigenvalue weighted by molar-refractivity contribution is 6.31. The standard InChI is InChI=1S/C10H10ClFN4/c1-16-10(14-6-15-16)5-13-7-2-3-9(12)8(11)4-7/h2-4,6,13H,5H2,1H3. The van der Waals surface area contributed by atoms with Crippen molar-refractivity contribution in [2.24, 2.45) is 7.05 Å².